The molecule has 2 aromatic carbocycles. The number of anilines is 1. The monoisotopic (exact) mass is 448 g/mol. The molecule has 3 aromatic rings. The van der Waals surface area contributed by atoms with Crippen LogP contribution in [0.25, 0.3) is 0 Å². The molecule has 0 bridgehead atoms. The van der Waals surface area contributed by atoms with Crippen molar-refractivity contribution in [2.75, 3.05) is 45.3 Å². The van der Waals surface area contributed by atoms with E-state index in [1.54, 1.807) is 13.4 Å². The highest BCUT2D eigenvalue weighted by molar-refractivity contribution is 5.79. The number of rotatable bonds is 6. The Balaban J connectivity index is 1.50. The zero-order valence-electron chi connectivity index (χ0n) is 18.6. The van der Waals surface area contributed by atoms with Crippen molar-refractivity contribution in [1.82, 2.24) is 25.0 Å². The first-order chi connectivity index (χ1) is 16.2. The quantitative estimate of drug-likeness (QED) is 0.595. The van der Waals surface area contributed by atoms with Crippen LogP contribution in [0.3, 0.4) is 0 Å². The van der Waals surface area contributed by atoms with Gasteiger partial charge in [0.25, 0.3) is 0 Å². The molecule has 9 heteroatoms. The van der Waals surface area contributed by atoms with E-state index in [0.717, 1.165) is 30.0 Å². The SMILES string of the molecule is COc1ccc(C2Nc3ncnn3C(c3ccccc3)C2NC(=O)CN2CCOCC2)cc1. The van der Waals surface area contributed by atoms with Gasteiger partial charge in [-0.15, -0.1) is 0 Å². The first kappa shape index (κ1) is 21.4. The number of morpholine rings is 1. The molecule has 33 heavy (non-hydrogen) atoms. The van der Waals surface area contributed by atoms with Gasteiger partial charge in [0.15, 0.2) is 0 Å². The van der Waals surface area contributed by atoms with E-state index in [2.05, 4.69) is 37.7 Å². The third-order valence-corrected chi connectivity index (χ3v) is 6.24. The van der Waals surface area contributed by atoms with Crippen LogP contribution in [-0.4, -0.2) is 71.6 Å². The van der Waals surface area contributed by atoms with Crippen LogP contribution in [0.2, 0.25) is 0 Å². The number of carbonyl (C=O) groups excluding carboxylic acids is 1. The molecule has 2 aliphatic heterocycles. The molecule has 2 N–H and O–H groups in total. The summed E-state index contributed by atoms with van der Waals surface area (Å²) in [5.41, 5.74) is 2.09. The number of carbonyl (C=O) groups is 1. The van der Waals surface area contributed by atoms with Gasteiger partial charge >= 0.3 is 0 Å². The van der Waals surface area contributed by atoms with Crippen LogP contribution in [0.1, 0.15) is 23.2 Å². The molecule has 0 saturated carbocycles. The van der Waals surface area contributed by atoms with Gasteiger partial charge in [0.2, 0.25) is 11.9 Å². The van der Waals surface area contributed by atoms with Crippen LogP contribution in [-0.2, 0) is 9.53 Å². The Labute approximate surface area is 192 Å². The van der Waals surface area contributed by atoms with Crippen LogP contribution in [0.4, 0.5) is 5.95 Å². The van der Waals surface area contributed by atoms with Gasteiger partial charge in [-0.25, -0.2) is 4.68 Å². The Morgan fingerprint density at radius 2 is 1.88 bits per heavy atom. The molecule has 9 nitrogen and oxygen atoms in total. The lowest BCUT2D eigenvalue weighted by Crippen LogP contribution is -2.53. The van der Waals surface area contributed by atoms with Crippen molar-refractivity contribution in [2.24, 2.45) is 0 Å². The molecule has 1 amide bonds. The number of hydrogen-bond acceptors (Lipinski definition) is 7. The molecule has 0 aliphatic carbocycles. The fourth-order valence-corrected chi connectivity index (χ4v) is 4.58. The average Bonchev–Trinajstić information content (AvgIpc) is 3.33. The van der Waals surface area contributed by atoms with Crippen LogP contribution in [0.15, 0.2) is 60.9 Å². The molecular formula is C24H28N6O3. The van der Waals surface area contributed by atoms with Crippen LogP contribution in [0.5, 0.6) is 5.75 Å². The molecular weight excluding hydrogens is 420 g/mol. The standard InChI is InChI=1S/C24H28N6O3/c1-32-19-9-7-17(8-10-19)21-22(27-20(31)15-29-11-13-33-14-12-29)23(18-5-3-2-4-6-18)30-24(28-21)25-16-26-30/h2-10,16,21-23H,11-15H2,1H3,(H,27,31)(H,25,26,28). The molecule has 3 unspecified atom stereocenters. The van der Waals surface area contributed by atoms with Crippen molar-refractivity contribution in [3.05, 3.63) is 72.1 Å². The third-order valence-electron chi connectivity index (χ3n) is 6.24. The lowest BCUT2D eigenvalue weighted by Gasteiger charge is -2.40. The van der Waals surface area contributed by atoms with Crippen molar-refractivity contribution < 1.29 is 14.3 Å². The molecule has 0 spiro atoms. The average molecular weight is 449 g/mol. The predicted octanol–water partition coefficient (Wildman–Crippen LogP) is 1.86. The lowest BCUT2D eigenvalue weighted by atomic mass is 9.88. The van der Waals surface area contributed by atoms with Crippen molar-refractivity contribution in [2.45, 2.75) is 18.1 Å². The summed E-state index contributed by atoms with van der Waals surface area (Å²) in [4.78, 5) is 19.7. The molecule has 0 radical (unpaired) electrons. The van der Waals surface area contributed by atoms with E-state index < -0.39 is 0 Å². The number of nitrogens with zero attached hydrogens (tertiary/aromatic N) is 4. The van der Waals surface area contributed by atoms with E-state index in [1.165, 1.54) is 0 Å². The Hall–Kier alpha value is -3.43. The molecule has 172 valence electrons. The summed E-state index contributed by atoms with van der Waals surface area (Å²) < 4.78 is 12.6. The normalized spacial score (nSPS) is 22.8. The third kappa shape index (κ3) is 4.55. The van der Waals surface area contributed by atoms with Gasteiger partial charge in [-0.3, -0.25) is 9.69 Å². The van der Waals surface area contributed by atoms with E-state index in [-0.39, 0.29) is 24.0 Å². The largest absolute Gasteiger partial charge is 0.497 e. The number of aromatic nitrogens is 3. The zero-order chi connectivity index (χ0) is 22.6. The van der Waals surface area contributed by atoms with Crippen molar-refractivity contribution in [3.8, 4) is 5.75 Å². The first-order valence-electron chi connectivity index (χ1n) is 11.2. The molecule has 1 aromatic heterocycles. The number of nitrogens with one attached hydrogen (secondary N) is 2. The second-order valence-corrected chi connectivity index (χ2v) is 8.26. The number of methoxy groups -OCH3 is 1. The molecule has 3 heterocycles. The van der Waals surface area contributed by atoms with Crippen LogP contribution in [0, 0.1) is 0 Å². The zero-order valence-corrected chi connectivity index (χ0v) is 18.6. The van der Waals surface area contributed by atoms with Gasteiger partial charge in [-0.05, 0) is 23.3 Å². The van der Waals surface area contributed by atoms with E-state index in [9.17, 15) is 4.79 Å². The maximum Gasteiger partial charge on any atom is 0.234 e. The highest BCUT2D eigenvalue weighted by Crippen LogP contribution is 2.38. The second-order valence-electron chi connectivity index (χ2n) is 8.26. The van der Waals surface area contributed by atoms with E-state index in [1.807, 2.05) is 47.1 Å². The number of fused-ring (bicyclic) bond motifs is 1. The van der Waals surface area contributed by atoms with Gasteiger partial charge in [-0.1, -0.05) is 42.5 Å². The first-order valence-corrected chi connectivity index (χ1v) is 11.2. The minimum absolute atomic E-state index is 0.0216. The van der Waals surface area contributed by atoms with Crippen molar-refractivity contribution >= 4 is 11.9 Å². The summed E-state index contributed by atoms with van der Waals surface area (Å²) in [5, 5.41) is 11.3. The second kappa shape index (κ2) is 9.60. The lowest BCUT2D eigenvalue weighted by molar-refractivity contribution is -0.124. The van der Waals surface area contributed by atoms with Crippen molar-refractivity contribution in [3.63, 3.8) is 0 Å². The van der Waals surface area contributed by atoms with Crippen molar-refractivity contribution in [1.29, 1.82) is 0 Å². The minimum atomic E-state index is -0.288. The van der Waals surface area contributed by atoms with E-state index in [4.69, 9.17) is 9.47 Å². The summed E-state index contributed by atoms with van der Waals surface area (Å²) in [6.45, 7) is 3.16. The highest BCUT2D eigenvalue weighted by Gasteiger charge is 2.40. The molecule has 5 rings (SSSR count). The fourth-order valence-electron chi connectivity index (χ4n) is 4.58. The Morgan fingerprint density at radius 1 is 1.12 bits per heavy atom. The summed E-state index contributed by atoms with van der Waals surface area (Å²) in [6, 6.07) is 17.3. The van der Waals surface area contributed by atoms with Gasteiger partial charge in [-0.2, -0.15) is 10.1 Å². The summed E-state index contributed by atoms with van der Waals surface area (Å²) in [5.74, 6) is 1.43. The number of ether oxygens (including phenoxy) is 2. The smallest absolute Gasteiger partial charge is 0.234 e. The highest BCUT2D eigenvalue weighted by atomic mass is 16.5. The van der Waals surface area contributed by atoms with Gasteiger partial charge < -0.3 is 20.1 Å². The number of benzene rings is 2. The molecule has 2 aliphatic rings. The van der Waals surface area contributed by atoms with E-state index >= 15 is 0 Å². The Kier molecular flexibility index (Phi) is 6.23. The number of amides is 1. The van der Waals surface area contributed by atoms with Gasteiger partial charge in [0.05, 0.1) is 39.0 Å². The Bertz CT molecular complexity index is 1070. The molecule has 1 fully saturated rings. The van der Waals surface area contributed by atoms with Crippen LogP contribution < -0.4 is 15.4 Å². The maximum atomic E-state index is 13.2. The van der Waals surface area contributed by atoms with Crippen LogP contribution >= 0.6 is 0 Å². The predicted molar refractivity (Wildman–Crippen MR) is 123 cm³/mol. The maximum absolute atomic E-state index is 13.2. The van der Waals surface area contributed by atoms with Gasteiger partial charge in [0, 0.05) is 13.1 Å². The van der Waals surface area contributed by atoms with E-state index in [0.29, 0.717) is 25.7 Å². The molecule has 1 saturated heterocycles. The summed E-state index contributed by atoms with van der Waals surface area (Å²) in [7, 11) is 1.65. The topological polar surface area (TPSA) is 93.5 Å². The fraction of sp³-hybridized carbons (Fsp3) is 0.375. The summed E-state index contributed by atoms with van der Waals surface area (Å²) >= 11 is 0. The summed E-state index contributed by atoms with van der Waals surface area (Å²) in [6.07, 6.45) is 1.54. The number of hydrogen-bond donors (Lipinski definition) is 2. The Morgan fingerprint density at radius 3 is 2.61 bits per heavy atom. The minimum Gasteiger partial charge on any atom is -0.497 e. The molecule has 3 atom stereocenters. The van der Waals surface area contributed by atoms with Gasteiger partial charge in [0.1, 0.15) is 18.1 Å².